The molecule has 50 heavy (non-hydrogen) atoms. The van der Waals surface area contributed by atoms with Crippen LogP contribution < -0.4 is 10.1 Å². The molecule has 0 unspecified atom stereocenters. The van der Waals surface area contributed by atoms with E-state index in [0.717, 1.165) is 22.3 Å². The van der Waals surface area contributed by atoms with Crippen LogP contribution in [0.15, 0.2) is 127 Å². The van der Waals surface area contributed by atoms with Crippen LogP contribution in [0.3, 0.4) is 0 Å². The molecular formula is C39H44NO8PS. The fourth-order valence-electron chi connectivity index (χ4n) is 4.51. The molecule has 0 aliphatic rings. The van der Waals surface area contributed by atoms with Crippen molar-refractivity contribution in [1.82, 2.24) is 5.32 Å². The predicted octanol–water partition coefficient (Wildman–Crippen LogP) is 9.07. The van der Waals surface area contributed by atoms with Gasteiger partial charge in [0.25, 0.3) is 0 Å². The summed E-state index contributed by atoms with van der Waals surface area (Å²) in [6.07, 6.45) is 0.697. The Morgan fingerprint density at radius 3 is 1.72 bits per heavy atom. The van der Waals surface area contributed by atoms with E-state index in [2.05, 4.69) is 5.32 Å². The summed E-state index contributed by atoms with van der Waals surface area (Å²) in [5.74, 6) is 1.82. The molecule has 1 N–H and O–H groups in total. The molecular weight excluding hydrogens is 673 g/mol. The second-order valence-corrected chi connectivity index (χ2v) is 15.3. The minimum absolute atomic E-state index is 0.0101. The van der Waals surface area contributed by atoms with Crippen LogP contribution in [0.2, 0.25) is 0 Å². The molecule has 0 fully saturated rings. The van der Waals surface area contributed by atoms with Gasteiger partial charge >= 0.3 is 19.7 Å². The summed E-state index contributed by atoms with van der Waals surface area (Å²) in [5.41, 5.74) is 2.49. The van der Waals surface area contributed by atoms with E-state index < -0.39 is 36.6 Å². The van der Waals surface area contributed by atoms with Crippen molar-refractivity contribution in [2.75, 3.05) is 7.11 Å². The van der Waals surface area contributed by atoms with Crippen molar-refractivity contribution >= 4 is 31.4 Å². The van der Waals surface area contributed by atoms with Crippen LogP contribution in [0.4, 0.5) is 4.79 Å². The summed E-state index contributed by atoms with van der Waals surface area (Å²) in [4.78, 5) is 27.1. The molecule has 0 radical (unpaired) electrons. The number of methoxy groups -OCH3 is 1. The number of carbonyl (C=O) groups is 2. The van der Waals surface area contributed by atoms with Crippen molar-refractivity contribution in [3.63, 3.8) is 0 Å². The first-order valence-corrected chi connectivity index (χ1v) is 18.8. The summed E-state index contributed by atoms with van der Waals surface area (Å²) in [6.45, 7) is 5.34. The Hall–Kier alpha value is -4.34. The Morgan fingerprint density at radius 1 is 0.740 bits per heavy atom. The van der Waals surface area contributed by atoms with Gasteiger partial charge in [0.05, 0.1) is 26.4 Å². The van der Waals surface area contributed by atoms with Crippen molar-refractivity contribution in [2.24, 2.45) is 0 Å². The Bertz CT molecular complexity index is 1650. The van der Waals surface area contributed by atoms with Gasteiger partial charge in [-0.2, -0.15) is 0 Å². The lowest BCUT2D eigenvalue weighted by Gasteiger charge is -2.28. The van der Waals surface area contributed by atoms with Gasteiger partial charge in [0.2, 0.25) is 0 Å². The molecule has 4 rings (SSSR count). The second kappa shape index (κ2) is 19.2. The average Bonchev–Trinajstić information content (AvgIpc) is 3.12. The van der Waals surface area contributed by atoms with Crippen LogP contribution in [0.1, 0.15) is 43.0 Å². The topological polar surface area (TPSA) is 109 Å². The van der Waals surface area contributed by atoms with Gasteiger partial charge in [-0.25, -0.2) is 4.79 Å². The molecule has 0 saturated carbocycles. The number of esters is 1. The molecule has 0 spiro atoms. The molecule has 1 amide bonds. The zero-order chi connectivity index (χ0) is 35.8. The quantitative estimate of drug-likeness (QED) is 0.0845. The van der Waals surface area contributed by atoms with Crippen LogP contribution in [-0.4, -0.2) is 36.1 Å². The van der Waals surface area contributed by atoms with Gasteiger partial charge in [-0.15, -0.1) is 11.8 Å². The monoisotopic (exact) mass is 717 g/mol. The van der Waals surface area contributed by atoms with Crippen molar-refractivity contribution in [2.45, 2.75) is 63.2 Å². The van der Waals surface area contributed by atoms with Crippen molar-refractivity contribution in [3.8, 4) is 5.75 Å². The molecule has 0 aliphatic carbocycles. The molecule has 4 aromatic carbocycles. The molecule has 0 bridgehead atoms. The highest BCUT2D eigenvalue weighted by Crippen LogP contribution is 2.51. The molecule has 0 saturated heterocycles. The smallest absolute Gasteiger partial charge is 0.407 e. The second-order valence-electron chi connectivity index (χ2n) is 12.2. The highest BCUT2D eigenvalue weighted by molar-refractivity contribution is 7.99. The first kappa shape index (κ1) is 38.5. The number of alkyl carbamates (subject to hydrolysis) is 1. The minimum atomic E-state index is -3.96. The van der Waals surface area contributed by atoms with Crippen LogP contribution in [0, 0.1) is 0 Å². The van der Waals surface area contributed by atoms with Gasteiger partial charge in [0.1, 0.15) is 23.2 Å². The number of nitrogens with one attached hydrogen (secondary N) is 1. The van der Waals surface area contributed by atoms with Crippen molar-refractivity contribution in [1.29, 1.82) is 0 Å². The fourth-order valence-corrected chi connectivity index (χ4v) is 6.93. The van der Waals surface area contributed by atoms with Gasteiger partial charge in [0.15, 0.2) is 0 Å². The minimum Gasteiger partial charge on any atom is -0.497 e. The lowest BCUT2D eigenvalue weighted by atomic mass is 10.1. The van der Waals surface area contributed by atoms with Gasteiger partial charge < -0.3 is 28.6 Å². The zero-order valence-electron chi connectivity index (χ0n) is 28.7. The molecule has 264 valence electrons. The third kappa shape index (κ3) is 13.5. The maximum Gasteiger partial charge on any atom is 0.407 e. The van der Waals surface area contributed by atoms with Gasteiger partial charge in [-0.1, -0.05) is 109 Å². The van der Waals surface area contributed by atoms with Crippen LogP contribution >= 0.6 is 19.4 Å². The van der Waals surface area contributed by atoms with E-state index in [-0.39, 0.29) is 19.8 Å². The van der Waals surface area contributed by atoms with Crippen LogP contribution in [0.5, 0.6) is 5.75 Å². The van der Waals surface area contributed by atoms with Gasteiger partial charge in [0, 0.05) is 11.6 Å². The molecule has 2 atom stereocenters. The number of carbonyl (C=O) groups excluding carboxylic acids is 2. The number of benzene rings is 4. The first-order valence-electron chi connectivity index (χ1n) is 16.1. The predicted molar refractivity (Wildman–Crippen MR) is 197 cm³/mol. The standard InChI is InChI=1S/C39H44NO8PS/c1-39(2,3)48-37(41)36(50-29-33-20-22-34(44-4)23-21-33)35(40-38(42)45-26-30-14-8-5-9-15-30)24-25-49(43,46-27-31-16-10-6-11-17-31)47-28-32-18-12-7-13-19-32/h5-25,35-36H,26-29H2,1-4H3,(H,40,42)/b25-24+/t35-,36-/m1/s1. The summed E-state index contributed by atoms with van der Waals surface area (Å²) >= 11 is 1.26. The molecule has 0 heterocycles. The molecule has 4 aromatic rings. The number of rotatable bonds is 17. The van der Waals surface area contributed by atoms with Gasteiger partial charge in [-0.3, -0.25) is 9.36 Å². The highest BCUT2D eigenvalue weighted by Gasteiger charge is 2.34. The highest BCUT2D eigenvalue weighted by atomic mass is 32.2. The fraction of sp³-hybridized carbons (Fsp3) is 0.282. The summed E-state index contributed by atoms with van der Waals surface area (Å²) < 4.78 is 42.8. The summed E-state index contributed by atoms with van der Waals surface area (Å²) in [6, 6.07) is 34.3. The Balaban J connectivity index is 1.65. The molecule has 11 heteroatoms. The number of thioether (sulfide) groups is 1. The molecule has 0 aromatic heterocycles. The number of amides is 1. The number of ether oxygens (including phenoxy) is 3. The van der Waals surface area contributed by atoms with Crippen LogP contribution in [-0.2, 0) is 53.5 Å². The lowest BCUT2D eigenvalue weighted by Crippen LogP contribution is -2.46. The largest absolute Gasteiger partial charge is 0.497 e. The normalized spacial score (nSPS) is 13.0. The van der Waals surface area contributed by atoms with E-state index in [1.807, 2.05) is 115 Å². The van der Waals surface area contributed by atoms with E-state index >= 15 is 0 Å². The Morgan fingerprint density at radius 2 is 1.24 bits per heavy atom. The van der Waals surface area contributed by atoms with Crippen LogP contribution in [0.25, 0.3) is 0 Å². The lowest BCUT2D eigenvalue weighted by molar-refractivity contribution is -0.154. The number of hydrogen-bond donors (Lipinski definition) is 1. The third-order valence-electron chi connectivity index (χ3n) is 7.04. The maximum absolute atomic E-state index is 14.3. The third-order valence-corrected chi connectivity index (χ3v) is 9.90. The van der Waals surface area contributed by atoms with E-state index in [4.69, 9.17) is 23.3 Å². The number of hydrogen-bond acceptors (Lipinski definition) is 9. The van der Waals surface area contributed by atoms with E-state index in [1.54, 1.807) is 27.9 Å². The van der Waals surface area contributed by atoms with E-state index in [0.29, 0.717) is 11.5 Å². The zero-order valence-corrected chi connectivity index (χ0v) is 30.4. The molecule has 0 aliphatic heterocycles. The summed E-state index contributed by atoms with van der Waals surface area (Å²) in [7, 11) is -2.36. The SMILES string of the molecule is COc1ccc(CS[C@@H](C(=O)OC(C)(C)C)[C@@H](/C=C/P(=O)(OCc2ccccc2)OCc2ccccc2)NC(=O)OCc2ccccc2)cc1. The Kier molecular flexibility index (Phi) is 14.7. The average molecular weight is 718 g/mol. The van der Waals surface area contributed by atoms with E-state index in [9.17, 15) is 14.2 Å². The first-order chi connectivity index (χ1) is 24.0. The summed E-state index contributed by atoms with van der Waals surface area (Å²) in [5, 5.41) is 1.83. The maximum atomic E-state index is 14.3. The Labute approximate surface area is 298 Å². The van der Waals surface area contributed by atoms with Crippen molar-refractivity contribution in [3.05, 3.63) is 149 Å². The van der Waals surface area contributed by atoms with Crippen molar-refractivity contribution < 1.29 is 37.4 Å². The van der Waals surface area contributed by atoms with Gasteiger partial charge in [-0.05, 0) is 55.2 Å². The molecule has 9 nitrogen and oxygen atoms in total. The van der Waals surface area contributed by atoms with E-state index in [1.165, 1.54) is 23.7 Å².